The van der Waals surface area contributed by atoms with Crippen molar-refractivity contribution in [1.82, 2.24) is 0 Å². The monoisotopic (exact) mass is 262 g/mol. The van der Waals surface area contributed by atoms with Crippen molar-refractivity contribution in [3.05, 3.63) is 77.4 Å². The number of benzene rings is 2. The molecule has 0 fully saturated rings. The number of rotatable bonds is 2. The van der Waals surface area contributed by atoms with E-state index in [1.54, 1.807) is 0 Å². The molecule has 0 saturated heterocycles. The highest BCUT2D eigenvalue weighted by Gasteiger charge is 2.29. The summed E-state index contributed by atoms with van der Waals surface area (Å²) in [6.07, 6.45) is 1.48. The minimum absolute atomic E-state index is 0.115. The van der Waals surface area contributed by atoms with Gasteiger partial charge >= 0.3 is 0 Å². The second-order valence-corrected chi connectivity index (χ2v) is 5.35. The molecule has 0 spiro atoms. The molecule has 1 nitrogen and oxygen atoms in total. The van der Waals surface area contributed by atoms with Crippen molar-refractivity contribution in [2.45, 2.75) is 25.7 Å². The molecule has 1 aliphatic rings. The van der Waals surface area contributed by atoms with E-state index in [0.717, 1.165) is 23.1 Å². The lowest BCUT2D eigenvalue weighted by Crippen LogP contribution is -2.17. The summed E-state index contributed by atoms with van der Waals surface area (Å²) in [4.78, 5) is 12.4. The highest BCUT2D eigenvalue weighted by molar-refractivity contribution is 6.05. The third kappa shape index (κ3) is 2.09. The highest BCUT2D eigenvalue weighted by Crippen LogP contribution is 2.40. The number of aryl methyl sites for hydroxylation is 1. The molecule has 1 unspecified atom stereocenters. The third-order valence-electron chi connectivity index (χ3n) is 4.15. The molecule has 100 valence electrons. The molecule has 2 aromatic rings. The van der Waals surface area contributed by atoms with E-state index in [1.807, 2.05) is 24.3 Å². The largest absolute Gasteiger partial charge is 0.294 e. The number of fused-ring (bicyclic) bond motifs is 1. The molecule has 0 saturated carbocycles. The molecule has 1 heteroatoms. The third-order valence-corrected chi connectivity index (χ3v) is 4.15. The Kier molecular flexibility index (Phi) is 3.27. The van der Waals surface area contributed by atoms with Gasteiger partial charge in [-0.2, -0.15) is 0 Å². The molecule has 1 aliphatic carbocycles. The zero-order valence-corrected chi connectivity index (χ0v) is 11.7. The number of Topliss-reactive ketones (excluding diaryl/α,β-unsaturated/α-hetero) is 1. The Morgan fingerprint density at radius 3 is 2.55 bits per heavy atom. The van der Waals surface area contributed by atoms with Crippen molar-refractivity contribution in [3.8, 4) is 0 Å². The van der Waals surface area contributed by atoms with E-state index in [2.05, 4.69) is 37.8 Å². The Bertz CT molecular complexity index is 667. The van der Waals surface area contributed by atoms with E-state index in [0.29, 0.717) is 6.42 Å². The number of ketones is 1. The number of hydrogen-bond donors (Lipinski definition) is 0. The van der Waals surface area contributed by atoms with Crippen molar-refractivity contribution in [3.63, 3.8) is 0 Å². The van der Waals surface area contributed by atoms with Gasteiger partial charge in [0.25, 0.3) is 0 Å². The first-order valence-electron chi connectivity index (χ1n) is 7.11. The highest BCUT2D eigenvalue weighted by atomic mass is 16.1. The van der Waals surface area contributed by atoms with Crippen molar-refractivity contribution >= 4 is 11.4 Å². The van der Waals surface area contributed by atoms with Crippen LogP contribution in [0.25, 0.3) is 5.57 Å². The van der Waals surface area contributed by atoms with Crippen molar-refractivity contribution < 1.29 is 4.79 Å². The molecule has 3 rings (SSSR count). The van der Waals surface area contributed by atoms with Crippen molar-refractivity contribution in [2.24, 2.45) is 0 Å². The lowest BCUT2D eigenvalue weighted by molar-refractivity contribution is 0.0975. The first kappa shape index (κ1) is 12.9. The molecule has 1 atom stereocenters. The second kappa shape index (κ2) is 5.09. The second-order valence-electron chi connectivity index (χ2n) is 5.35. The molecule has 0 N–H and O–H groups in total. The molecule has 0 heterocycles. The Morgan fingerprint density at radius 2 is 1.85 bits per heavy atom. The number of carbonyl (C=O) groups excluding carboxylic acids is 1. The van der Waals surface area contributed by atoms with Crippen molar-refractivity contribution in [2.75, 3.05) is 0 Å². The fraction of sp³-hybridized carbons (Fsp3) is 0.211. The average molecular weight is 262 g/mol. The van der Waals surface area contributed by atoms with Crippen LogP contribution in [0, 0.1) is 0 Å². The summed E-state index contributed by atoms with van der Waals surface area (Å²) < 4.78 is 0. The van der Waals surface area contributed by atoms with E-state index >= 15 is 0 Å². The SMILES string of the molecule is C=C1c2ccc(CC)cc2C(=O)CC1c1ccccc1. The van der Waals surface area contributed by atoms with Gasteiger partial charge < -0.3 is 0 Å². The van der Waals surface area contributed by atoms with Crippen LogP contribution in [0.4, 0.5) is 0 Å². The fourth-order valence-electron chi connectivity index (χ4n) is 2.93. The summed E-state index contributed by atoms with van der Waals surface area (Å²) in [5.41, 5.74) is 5.32. The van der Waals surface area contributed by atoms with E-state index in [1.165, 1.54) is 11.1 Å². The lowest BCUT2D eigenvalue weighted by Gasteiger charge is -2.27. The topological polar surface area (TPSA) is 17.1 Å². The van der Waals surface area contributed by atoms with Crippen molar-refractivity contribution in [1.29, 1.82) is 0 Å². The first-order chi connectivity index (χ1) is 9.70. The van der Waals surface area contributed by atoms with Gasteiger partial charge in [-0.3, -0.25) is 4.79 Å². The zero-order valence-electron chi connectivity index (χ0n) is 11.7. The first-order valence-corrected chi connectivity index (χ1v) is 7.11. The molecule has 0 bridgehead atoms. The molecule has 0 aliphatic heterocycles. The molecule has 0 amide bonds. The van der Waals surface area contributed by atoms with Crippen LogP contribution in [-0.2, 0) is 6.42 Å². The lowest BCUT2D eigenvalue weighted by atomic mass is 9.76. The molecular formula is C19H18O. The molecule has 0 aromatic heterocycles. The smallest absolute Gasteiger partial charge is 0.164 e. The predicted molar refractivity (Wildman–Crippen MR) is 83.0 cm³/mol. The van der Waals surface area contributed by atoms with E-state index in [9.17, 15) is 4.79 Å². The van der Waals surface area contributed by atoms with Gasteiger partial charge in [0.1, 0.15) is 0 Å². The average Bonchev–Trinajstić information content (AvgIpc) is 2.51. The van der Waals surface area contributed by atoms with Gasteiger partial charge in [0.15, 0.2) is 5.78 Å². The van der Waals surface area contributed by atoms with Crippen LogP contribution in [0.5, 0.6) is 0 Å². The molecule has 0 radical (unpaired) electrons. The summed E-state index contributed by atoms with van der Waals surface area (Å²) in [7, 11) is 0. The minimum atomic E-state index is 0.115. The molecular weight excluding hydrogens is 244 g/mol. The van der Waals surface area contributed by atoms with Crippen LogP contribution in [0.2, 0.25) is 0 Å². The van der Waals surface area contributed by atoms with Gasteiger partial charge in [0.2, 0.25) is 0 Å². The maximum absolute atomic E-state index is 12.4. The Balaban J connectivity index is 2.05. The van der Waals surface area contributed by atoms with Gasteiger partial charge in [-0.15, -0.1) is 0 Å². The van der Waals surface area contributed by atoms with Crippen LogP contribution >= 0.6 is 0 Å². The molecule has 20 heavy (non-hydrogen) atoms. The maximum Gasteiger partial charge on any atom is 0.164 e. The predicted octanol–water partition coefficient (Wildman–Crippen LogP) is 4.63. The maximum atomic E-state index is 12.4. The van der Waals surface area contributed by atoms with Gasteiger partial charge in [-0.1, -0.05) is 56.0 Å². The van der Waals surface area contributed by atoms with Crippen LogP contribution in [-0.4, -0.2) is 5.78 Å². The fourth-order valence-corrected chi connectivity index (χ4v) is 2.93. The quantitative estimate of drug-likeness (QED) is 0.771. The normalized spacial score (nSPS) is 17.9. The van der Waals surface area contributed by atoms with E-state index in [4.69, 9.17) is 0 Å². The zero-order chi connectivity index (χ0) is 14.1. The summed E-state index contributed by atoms with van der Waals surface area (Å²) in [6, 6.07) is 16.4. The van der Waals surface area contributed by atoms with E-state index < -0.39 is 0 Å². The minimum Gasteiger partial charge on any atom is -0.294 e. The van der Waals surface area contributed by atoms with Crippen LogP contribution in [0.1, 0.15) is 46.3 Å². The summed E-state index contributed by atoms with van der Waals surface area (Å²) >= 11 is 0. The van der Waals surface area contributed by atoms with Crippen LogP contribution in [0.15, 0.2) is 55.1 Å². The standard InChI is InChI=1S/C19H18O/c1-3-14-9-10-16-13(2)17(12-19(20)18(16)11-14)15-7-5-4-6-8-15/h4-11,17H,2-3,12H2,1H3. The van der Waals surface area contributed by atoms with Gasteiger partial charge in [0.05, 0.1) is 0 Å². The number of hydrogen-bond acceptors (Lipinski definition) is 1. The Morgan fingerprint density at radius 1 is 1.10 bits per heavy atom. The number of carbonyl (C=O) groups is 1. The van der Waals surface area contributed by atoms with E-state index in [-0.39, 0.29) is 11.7 Å². The van der Waals surface area contributed by atoms with Crippen LogP contribution < -0.4 is 0 Å². The van der Waals surface area contributed by atoms with Gasteiger partial charge in [-0.25, -0.2) is 0 Å². The van der Waals surface area contributed by atoms with Crippen LogP contribution in [0.3, 0.4) is 0 Å². The van der Waals surface area contributed by atoms with Gasteiger partial charge in [0, 0.05) is 17.9 Å². The summed E-state index contributed by atoms with van der Waals surface area (Å²) in [5.74, 6) is 0.347. The summed E-state index contributed by atoms with van der Waals surface area (Å²) in [5, 5.41) is 0. The Hall–Kier alpha value is -2.15. The Labute approximate surface area is 120 Å². The number of allylic oxidation sites excluding steroid dienone is 1. The summed E-state index contributed by atoms with van der Waals surface area (Å²) in [6.45, 7) is 6.36. The van der Waals surface area contributed by atoms with Gasteiger partial charge in [-0.05, 0) is 34.8 Å². The molecule has 2 aromatic carbocycles.